The Morgan fingerprint density at radius 2 is 1.82 bits per heavy atom. The minimum Gasteiger partial charge on any atom is -0.331 e. The smallest absolute Gasteiger partial charge is 0.254 e. The first kappa shape index (κ1) is 16.3. The zero-order valence-electron chi connectivity index (χ0n) is 12.0. The molecule has 102 valence electrons. The van der Waals surface area contributed by atoms with Crippen LogP contribution >= 0.6 is 0 Å². The van der Waals surface area contributed by atoms with E-state index < -0.39 is 5.91 Å². The highest BCUT2D eigenvalue weighted by Gasteiger charge is 2.21. The van der Waals surface area contributed by atoms with Crippen LogP contribution in [0.25, 0.3) is 0 Å². The summed E-state index contributed by atoms with van der Waals surface area (Å²) in [5.74, 6) is -0.709. The Kier molecular flexibility index (Phi) is 6.64. The summed E-state index contributed by atoms with van der Waals surface area (Å²) in [5.41, 5.74) is 0. The van der Waals surface area contributed by atoms with Gasteiger partial charge in [-0.15, -0.1) is 0 Å². The van der Waals surface area contributed by atoms with Gasteiger partial charge in [-0.1, -0.05) is 11.4 Å². The van der Waals surface area contributed by atoms with Crippen LogP contribution in [0.3, 0.4) is 0 Å². The maximum absolute atomic E-state index is 13.5. The van der Waals surface area contributed by atoms with E-state index in [4.69, 9.17) is 0 Å². The van der Waals surface area contributed by atoms with Crippen molar-refractivity contribution in [1.29, 1.82) is 0 Å². The van der Waals surface area contributed by atoms with Gasteiger partial charge < -0.3 is 9.38 Å². The molecule has 0 radical (unpaired) electrons. The Balaban J connectivity index is 3.97. The van der Waals surface area contributed by atoms with Crippen molar-refractivity contribution in [3.63, 3.8) is 0 Å². The van der Waals surface area contributed by atoms with Gasteiger partial charge in [0.1, 0.15) is 0 Å². The summed E-state index contributed by atoms with van der Waals surface area (Å²) < 4.78 is 14.3. The first-order valence-electron chi connectivity index (χ1n) is 6.06. The van der Waals surface area contributed by atoms with Crippen LogP contribution in [0.15, 0.2) is 0 Å². The molecule has 0 heterocycles. The third-order valence-electron chi connectivity index (χ3n) is 2.48. The highest BCUT2D eigenvalue weighted by molar-refractivity contribution is 5.77. The molecule has 0 aliphatic heterocycles. The van der Waals surface area contributed by atoms with E-state index in [1.807, 2.05) is 19.0 Å². The number of carbonyl (C=O) groups excluding carboxylic acids is 1. The normalized spacial score (nSPS) is 13.9. The van der Waals surface area contributed by atoms with Crippen molar-refractivity contribution in [2.75, 3.05) is 54.9 Å². The van der Waals surface area contributed by atoms with Crippen molar-refractivity contribution >= 4 is 5.91 Å². The van der Waals surface area contributed by atoms with Crippen LogP contribution in [0.2, 0.25) is 0 Å². The Labute approximate surface area is 105 Å². The number of hydrogen-bond donors (Lipinski definition) is 0. The van der Waals surface area contributed by atoms with Crippen molar-refractivity contribution in [1.82, 2.24) is 10.0 Å². The van der Waals surface area contributed by atoms with Crippen molar-refractivity contribution in [3.05, 3.63) is 0 Å². The van der Waals surface area contributed by atoms with Gasteiger partial charge in [-0.2, -0.15) is 5.12 Å². The molecule has 0 aromatic heterocycles. The number of quaternary nitrogens is 1. The summed E-state index contributed by atoms with van der Waals surface area (Å²) in [6, 6.07) is 0. The quantitative estimate of drug-likeness (QED) is 0.495. The summed E-state index contributed by atoms with van der Waals surface area (Å²) in [4.78, 5) is 13.5. The van der Waals surface area contributed by atoms with E-state index in [1.165, 1.54) is 0 Å². The maximum Gasteiger partial charge on any atom is 0.254 e. The molecule has 0 fully saturated rings. The second kappa shape index (κ2) is 6.91. The number of nitrogens with zero attached hydrogens (tertiary/aromatic N) is 3. The zero-order valence-corrected chi connectivity index (χ0v) is 12.0. The highest BCUT2D eigenvalue weighted by atomic mass is 19.2. The molecule has 0 saturated heterocycles. The molecule has 0 aliphatic carbocycles. The standard InChI is InChI=1S/C12H27FN3O/c1-11(10-14(2)3)12(17)15(13)8-7-9-16(4,5)6/h11H,7-10H2,1-6H3/q+1. The Hall–Kier alpha value is -0.680. The number of halogens is 1. The Bertz CT molecular complexity index is 238. The molecule has 0 rings (SSSR count). The van der Waals surface area contributed by atoms with Gasteiger partial charge in [-0.25, -0.2) is 0 Å². The van der Waals surface area contributed by atoms with Gasteiger partial charge in [-0.05, 0) is 14.1 Å². The van der Waals surface area contributed by atoms with Crippen LogP contribution in [-0.2, 0) is 4.79 Å². The summed E-state index contributed by atoms with van der Waals surface area (Å²) in [6.45, 7) is 3.38. The average Bonchev–Trinajstić information content (AvgIpc) is 2.13. The van der Waals surface area contributed by atoms with Crippen LogP contribution in [-0.4, -0.2) is 75.3 Å². The van der Waals surface area contributed by atoms with E-state index in [0.29, 0.717) is 18.1 Å². The summed E-state index contributed by atoms with van der Waals surface area (Å²) in [5, 5.41) is 0.365. The van der Waals surface area contributed by atoms with E-state index in [2.05, 4.69) is 21.1 Å². The Morgan fingerprint density at radius 1 is 1.29 bits per heavy atom. The predicted octanol–water partition coefficient (Wildman–Crippen LogP) is 0.993. The van der Waals surface area contributed by atoms with Crippen molar-refractivity contribution in [2.24, 2.45) is 5.92 Å². The molecule has 1 unspecified atom stereocenters. The van der Waals surface area contributed by atoms with Gasteiger partial charge in [0.25, 0.3) is 5.91 Å². The minimum absolute atomic E-state index is 0.187. The van der Waals surface area contributed by atoms with Gasteiger partial charge in [0.2, 0.25) is 0 Å². The Morgan fingerprint density at radius 3 is 2.24 bits per heavy atom. The molecule has 0 bridgehead atoms. The van der Waals surface area contributed by atoms with Gasteiger partial charge in [0, 0.05) is 13.0 Å². The second-order valence-corrected chi connectivity index (χ2v) is 5.95. The lowest BCUT2D eigenvalue weighted by molar-refractivity contribution is -0.870. The fourth-order valence-electron chi connectivity index (χ4n) is 1.66. The third-order valence-corrected chi connectivity index (χ3v) is 2.48. The van der Waals surface area contributed by atoms with Crippen LogP contribution in [0.4, 0.5) is 4.48 Å². The fourth-order valence-corrected chi connectivity index (χ4v) is 1.66. The number of amides is 1. The van der Waals surface area contributed by atoms with Crippen molar-refractivity contribution < 1.29 is 13.8 Å². The van der Waals surface area contributed by atoms with Gasteiger partial charge in [-0.3, -0.25) is 4.79 Å². The molecule has 0 aromatic rings. The second-order valence-electron chi connectivity index (χ2n) is 5.95. The molecule has 0 saturated carbocycles. The summed E-state index contributed by atoms with van der Waals surface area (Å²) in [7, 11) is 9.92. The molecule has 1 amide bonds. The van der Waals surface area contributed by atoms with Gasteiger partial charge >= 0.3 is 0 Å². The van der Waals surface area contributed by atoms with E-state index in [-0.39, 0.29) is 12.5 Å². The molecular formula is C12H27FN3O+. The van der Waals surface area contributed by atoms with Gasteiger partial charge in [0.05, 0.1) is 40.2 Å². The molecule has 4 nitrogen and oxygen atoms in total. The highest BCUT2D eigenvalue weighted by Crippen LogP contribution is 2.06. The van der Waals surface area contributed by atoms with Crippen LogP contribution in [0, 0.1) is 5.92 Å². The van der Waals surface area contributed by atoms with Gasteiger partial charge in [0.15, 0.2) is 0 Å². The minimum atomic E-state index is -0.417. The largest absolute Gasteiger partial charge is 0.331 e. The van der Waals surface area contributed by atoms with Crippen LogP contribution < -0.4 is 0 Å². The predicted molar refractivity (Wildman–Crippen MR) is 68.1 cm³/mol. The molecular weight excluding hydrogens is 221 g/mol. The fraction of sp³-hybridized carbons (Fsp3) is 0.917. The van der Waals surface area contributed by atoms with Crippen LogP contribution in [0.1, 0.15) is 13.3 Å². The molecule has 0 spiro atoms. The lowest BCUT2D eigenvalue weighted by atomic mass is 10.1. The third kappa shape index (κ3) is 8.10. The van der Waals surface area contributed by atoms with E-state index in [9.17, 15) is 9.28 Å². The first-order chi connectivity index (χ1) is 7.63. The molecule has 0 aliphatic rings. The zero-order chi connectivity index (χ0) is 13.6. The monoisotopic (exact) mass is 248 g/mol. The van der Waals surface area contributed by atoms with Crippen LogP contribution in [0.5, 0.6) is 0 Å². The molecule has 1 atom stereocenters. The number of carbonyl (C=O) groups is 1. The summed E-state index contributed by atoms with van der Waals surface area (Å²) in [6.07, 6.45) is 0.681. The van der Waals surface area contributed by atoms with E-state index >= 15 is 0 Å². The lowest BCUT2D eigenvalue weighted by Gasteiger charge is -2.25. The molecule has 0 N–H and O–H groups in total. The van der Waals surface area contributed by atoms with E-state index in [0.717, 1.165) is 11.0 Å². The molecule has 17 heavy (non-hydrogen) atoms. The van der Waals surface area contributed by atoms with E-state index in [1.54, 1.807) is 6.92 Å². The summed E-state index contributed by atoms with van der Waals surface area (Å²) >= 11 is 0. The maximum atomic E-state index is 13.5. The topological polar surface area (TPSA) is 23.6 Å². The first-order valence-corrected chi connectivity index (χ1v) is 6.06. The average molecular weight is 248 g/mol. The number of rotatable bonds is 7. The molecule has 0 aromatic carbocycles. The number of hydrogen-bond acceptors (Lipinski definition) is 2. The van der Waals surface area contributed by atoms with Crippen molar-refractivity contribution in [2.45, 2.75) is 13.3 Å². The molecule has 5 heteroatoms. The SMILES string of the molecule is CC(CN(C)C)C(=O)N(F)CCC[N+](C)(C)C. The van der Waals surface area contributed by atoms with Crippen molar-refractivity contribution in [3.8, 4) is 0 Å². The lowest BCUT2D eigenvalue weighted by Crippen LogP contribution is -2.39.